The Morgan fingerprint density at radius 1 is 1.14 bits per heavy atom. The Labute approximate surface area is 165 Å². The highest BCUT2D eigenvalue weighted by atomic mass is 16.2. The van der Waals surface area contributed by atoms with Crippen LogP contribution in [0.25, 0.3) is 0 Å². The summed E-state index contributed by atoms with van der Waals surface area (Å²) in [5.41, 5.74) is 1.88. The first-order valence-electron chi connectivity index (χ1n) is 9.79. The zero-order valence-electron chi connectivity index (χ0n) is 16.0. The number of aromatic nitrogens is 2. The second kappa shape index (κ2) is 10.5. The smallest absolute Gasteiger partial charge is 0.227 e. The second-order valence-corrected chi connectivity index (χ2v) is 7.09. The fraction of sp³-hybridized carbons (Fsp3) is 0.429. The number of carbonyl (C=O) groups excluding carboxylic acids is 2. The van der Waals surface area contributed by atoms with Crippen LogP contribution in [0.3, 0.4) is 0 Å². The van der Waals surface area contributed by atoms with Crippen LogP contribution < -0.4 is 10.6 Å². The fourth-order valence-corrected chi connectivity index (χ4v) is 3.40. The van der Waals surface area contributed by atoms with E-state index in [2.05, 4.69) is 25.5 Å². The fourth-order valence-electron chi connectivity index (χ4n) is 3.40. The molecule has 1 saturated heterocycles. The van der Waals surface area contributed by atoms with E-state index in [1.807, 2.05) is 18.2 Å². The summed E-state index contributed by atoms with van der Waals surface area (Å²) in [5.74, 6) is -0.114. The molecule has 7 nitrogen and oxygen atoms in total. The second-order valence-electron chi connectivity index (χ2n) is 7.09. The van der Waals surface area contributed by atoms with Crippen LogP contribution in [0.1, 0.15) is 31.2 Å². The Bertz CT molecular complexity index is 754. The van der Waals surface area contributed by atoms with E-state index < -0.39 is 0 Å². The van der Waals surface area contributed by atoms with Gasteiger partial charge >= 0.3 is 0 Å². The minimum absolute atomic E-state index is 0.0119. The molecule has 2 amide bonds. The minimum Gasteiger partial charge on any atom is -0.356 e. The van der Waals surface area contributed by atoms with E-state index in [9.17, 15) is 9.59 Å². The third-order valence-electron chi connectivity index (χ3n) is 4.95. The van der Waals surface area contributed by atoms with E-state index >= 15 is 0 Å². The summed E-state index contributed by atoms with van der Waals surface area (Å²) in [6.45, 7) is 2.86. The standard InChI is InChI=1S/C21H27N5O2/c27-20-8-14-26(16-17-5-10-22-11-6-17)13-2-3-18(7-12-24-20)21(28)25-19-4-1-9-23-15-19/h1,4-6,9-11,15,18H,2-3,7-8,12-14,16H2,(H,24,27)(H,25,28). The van der Waals surface area contributed by atoms with E-state index in [1.165, 1.54) is 5.56 Å². The number of carbonyl (C=O) groups is 2. The van der Waals surface area contributed by atoms with E-state index in [0.29, 0.717) is 31.6 Å². The molecule has 1 aliphatic heterocycles. The van der Waals surface area contributed by atoms with Crippen molar-refractivity contribution in [3.05, 3.63) is 54.6 Å². The molecule has 3 rings (SSSR count). The van der Waals surface area contributed by atoms with Crippen molar-refractivity contribution in [2.24, 2.45) is 5.92 Å². The summed E-state index contributed by atoms with van der Waals surface area (Å²) in [4.78, 5) is 35.2. The predicted molar refractivity (Wildman–Crippen MR) is 107 cm³/mol. The van der Waals surface area contributed by atoms with Gasteiger partial charge in [-0.05, 0) is 55.6 Å². The van der Waals surface area contributed by atoms with Crippen molar-refractivity contribution in [1.82, 2.24) is 20.2 Å². The van der Waals surface area contributed by atoms with Crippen molar-refractivity contribution in [3.63, 3.8) is 0 Å². The number of anilines is 1. The van der Waals surface area contributed by atoms with Gasteiger partial charge in [-0.2, -0.15) is 0 Å². The Balaban J connectivity index is 1.60. The highest BCUT2D eigenvalue weighted by Crippen LogP contribution is 2.17. The number of hydrogen-bond donors (Lipinski definition) is 2. The SMILES string of the molecule is O=C1CCN(Cc2ccncc2)CCCC(C(=O)Nc2cccnc2)CCN1. The van der Waals surface area contributed by atoms with Crippen molar-refractivity contribution in [2.75, 3.05) is 25.0 Å². The highest BCUT2D eigenvalue weighted by molar-refractivity contribution is 5.92. The Kier molecular flexibility index (Phi) is 7.49. The van der Waals surface area contributed by atoms with Gasteiger partial charge in [-0.25, -0.2) is 0 Å². The van der Waals surface area contributed by atoms with Gasteiger partial charge in [-0.15, -0.1) is 0 Å². The predicted octanol–water partition coefficient (Wildman–Crippen LogP) is 2.22. The molecule has 3 heterocycles. The van der Waals surface area contributed by atoms with Crippen LogP contribution in [0, 0.1) is 5.92 Å². The summed E-state index contributed by atoms with van der Waals surface area (Å²) in [6.07, 6.45) is 9.69. The molecule has 1 unspecified atom stereocenters. The largest absolute Gasteiger partial charge is 0.356 e. The van der Waals surface area contributed by atoms with Gasteiger partial charge in [0.25, 0.3) is 0 Å². The zero-order valence-corrected chi connectivity index (χ0v) is 16.0. The van der Waals surface area contributed by atoms with Crippen molar-refractivity contribution >= 4 is 17.5 Å². The van der Waals surface area contributed by atoms with Gasteiger partial charge in [0.1, 0.15) is 0 Å². The van der Waals surface area contributed by atoms with Crippen LogP contribution in [0.15, 0.2) is 49.1 Å². The first-order valence-corrected chi connectivity index (χ1v) is 9.79. The van der Waals surface area contributed by atoms with Crippen LogP contribution in [0.4, 0.5) is 5.69 Å². The molecule has 2 aromatic rings. The summed E-state index contributed by atoms with van der Waals surface area (Å²) < 4.78 is 0. The normalized spacial score (nSPS) is 19.3. The molecule has 0 saturated carbocycles. The third-order valence-corrected chi connectivity index (χ3v) is 4.95. The summed E-state index contributed by atoms with van der Waals surface area (Å²) >= 11 is 0. The molecule has 0 radical (unpaired) electrons. The number of nitrogens with one attached hydrogen (secondary N) is 2. The maximum absolute atomic E-state index is 12.7. The van der Waals surface area contributed by atoms with Gasteiger partial charge in [0.15, 0.2) is 0 Å². The van der Waals surface area contributed by atoms with E-state index in [1.54, 1.807) is 30.9 Å². The molecule has 28 heavy (non-hydrogen) atoms. The molecule has 0 bridgehead atoms. The zero-order chi connectivity index (χ0) is 19.6. The Hall–Kier alpha value is -2.80. The van der Waals surface area contributed by atoms with Crippen molar-refractivity contribution in [2.45, 2.75) is 32.2 Å². The van der Waals surface area contributed by atoms with E-state index in [0.717, 1.165) is 25.9 Å². The van der Waals surface area contributed by atoms with E-state index in [-0.39, 0.29) is 17.7 Å². The molecule has 0 spiro atoms. The number of pyridine rings is 2. The maximum atomic E-state index is 12.7. The molecule has 2 aromatic heterocycles. The Morgan fingerprint density at radius 2 is 2.00 bits per heavy atom. The van der Waals surface area contributed by atoms with Gasteiger partial charge < -0.3 is 10.6 Å². The van der Waals surface area contributed by atoms with E-state index in [4.69, 9.17) is 0 Å². The van der Waals surface area contributed by atoms with Crippen molar-refractivity contribution in [3.8, 4) is 0 Å². The van der Waals surface area contributed by atoms with Crippen LogP contribution in [0.5, 0.6) is 0 Å². The van der Waals surface area contributed by atoms with Gasteiger partial charge in [0, 0.05) is 50.6 Å². The van der Waals surface area contributed by atoms with Crippen molar-refractivity contribution in [1.29, 1.82) is 0 Å². The highest BCUT2D eigenvalue weighted by Gasteiger charge is 2.20. The lowest BCUT2D eigenvalue weighted by molar-refractivity contribution is -0.122. The number of hydrogen-bond acceptors (Lipinski definition) is 5. The molecular formula is C21H27N5O2. The van der Waals surface area contributed by atoms with Gasteiger partial charge in [0.05, 0.1) is 11.9 Å². The number of nitrogens with zero attached hydrogens (tertiary/aromatic N) is 3. The average Bonchev–Trinajstić information content (AvgIpc) is 2.75. The van der Waals surface area contributed by atoms with Gasteiger partial charge in [-0.1, -0.05) is 0 Å². The topological polar surface area (TPSA) is 87.2 Å². The van der Waals surface area contributed by atoms with Crippen molar-refractivity contribution < 1.29 is 9.59 Å². The molecule has 0 aromatic carbocycles. The average molecular weight is 381 g/mol. The van der Waals surface area contributed by atoms with Crippen LogP contribution >= 0.6 is 0 Å². The van der Waals surface area contributed by atoms with Crippen LogP contribution in [-0.2, 0) is 16.1 Å². The van der Waals surface area contributed by atoms with Gasteiger partial charge in [-0.3, -0.25) is 24.5 Å². The quantitative estimate of drug-likeness (QED) is 0.848. The van der Waals surface area contributed by atoms with Gasteiger partial charge in [0.2, 0.25) is 11.8 Å². The molecule has 2 N–H and O–H groups in total. The molecule has 1 fully saturated rings. The minimum atomic E-state index is -0.138. The summed E-state index contributed by atoms with van der Waals surface area (Å²) in [7, 11) is 0. The van der Waals surface area contributed by atoms with Crippen LogP contribution in [-0.4, -0.2) is 46.3 Å². The summed E-state index contributed by atoms with van der Waals surface area (Å²) in [5, 5.41) is 5.88. The summed E-state index contributed by atoms with van der Waals surface area (Å²) in [6, 6.07) is 7.61. The molecular weight excluding hydrogens is 354 g/mol. The lowest BCUT2D eigenvalue weighted by Crippen LogP contribution is -2.31. The molecule has 0 aliphatic carbocycles. The first-order chi connectivity index (χ1) is 13.7. The van der Waals surface area contributed by atoms with Crippen LogP contribution in [0.2, 0.25) is 0 Å². The molecule has 148 valence electrons. The Morgan fingerprint density at radius 3 is 2.79 bits per heavy atom. The third kappa shape index (κ3) is 6.42. The number of rotatable bonds is 4. The lowest BCUT2D eigenvalue weighted by Gasteiger charge is -2.22. The molecule has 1 aliphatic rings. The lowest BCUT2D eigenvalue weighted by atomic mass is 9.98. The first kappa shape index (κ1) is 19.9. The monoisotopic (exact) mass is 381 g/mol. The molecule has 7 heteroatoms. The maximum Gasteiger partial charge on any atom is 0.227 e. The molecule has 1 atom stereocenters. The number of amides is 2.